The molecule has 0 aliphatic carbocycles. The van der Waals surface area contributed by atoms with Crippen LogP contribution < -0.4 is 0 Å². The summed E-state index contributed by atoms with van der Waals surface area (Å²) in [5.41, 5.74) is 2.63. The van der Waals surface area contributed by atoms with Crippen molar-refractivity contribution in [1.29, 1.82) is 0 Å². The maximum Gasteiger partial charge on any atom is 0.152 e. The number of rotatable bonds is 2. The van der Waals surface area contributed by atoms with Crippen LogP contribution in [0.4, 0.5) is 0 Å². The molecule has 0 radical (unpaired) electrons. The second-order valence-corrected chi connectivity index (χ2v) is 3.98. The van der Waals surface area contributed by atoms with Crippen molar-refractivity contribution >= 4 is 17.2 Å². The number of aryl methyl sites for hydroxylation is 1. The molecule has 15 heavy (non-hydrogen) atoms. The fourth-order valence-corrected chi connectivity index (χ4v) is 1.84. The molecular formula is C12H14N2O. The molecule has 0 fully saturated rings. The first-order valence-electron chi connectivity index (χ1n) is 5.08. The molecule has 0 spiro atoms. The van der Waals surface area contributed by atoms with Gasteiger partial charge in [-0.1, -0.05) is 12.1 Å². The quantitative estimate of drug-likeness (QED) is 0.702. The van der Waals surface area contributed by atoms with Crippen molar-refractivity contribution < 1.29 is 4.79 Å². The molecule has 2 aromatic rings. The average Bonchev–Trinajstić information content (AvgIpc) is 2.56. The predicted octanol–water partition coefficient (Wildman–Crippen LogP) is 2.74. The number of fused-ring (bicyclic) bond motifs is 1. The Kier molecular flexibility index (Phi) is 2.31. The largest absolute Gasteiger partial charge is 0.298 e. The van der Waals surface area contributed by atoms with Gasteiger partial charge in [-0.25, -0.2) is 0 Å². The standard InChI is InChI=1S/C12H14N2O/c1-8(2)14-12-10(7-15)5-4-6-11(12)9(3)13-14/h4-8H,1-3H3. The van der Waals surface area contributed by atoms with Crippen molar-refractivity contribution in [2.75, 3.05) is 0 Å². The molecule has 0 atom stereocenters. The van der Waals surface area contributed by atoms with Crippen LogP contribution in [-0.4, -0.2) is 16.1 Å². The predicted molar refractivity (Wildman–Crippen MR) is 60.2 cm³/mol. The van der Waals surface area contributed by atoms with Crippen LogP contribution in [-0.2, 0) is 0 Å². The Balaban J connectivity index is 2.88. The van der Waals surface area contributed by atoms with Crippen LogP contribution in [0.2, 0.25) is 0 Å². The molecule has 0 saturated heterocycles. The minimum absolute atomic E-state index is 0.266. The molecule has 2 rings (SSSR count). The molecule has 0 bridgehead atoms. The smallest absolute Gasteiger partial charge is 0.152 e. The maximum atomic E-state index is 11.0. The number of benzene rings is 1. The molecule has 0 N–H and O–H groups in total. The number of aldehydes is 1. The van der Waals surface area contributed by atoms with Gasteiger partial charge in [0.2, 0.25) is 0 Å². The van der Waals surface area contributed by atoms with Gasteiger partial charge >= 0.3 is 0 Å². The Hall–Kier alpha value is -1.64. The fourth-order valence-electron chi connectivity index (χ4n) is 1.84. The third-order valence-corrected chi connectivity index (χ3v) is 2.56. The van der Waals surface area contributed by atoms with E-state index >= 15 is 0 Å². The van der Waals surface area contributed by atoms with Crippen LogP contribution in [0.5, 0.6) is 0 Å². The number of hydrogen-bond acceptors (Lipinski definition) is 2. The summed E-state index contributed by atoms with van der Waals surface area (Å²) in [6.07, 6.45) is 0.891. The number of para-hydroxylation sites is 1. The van der Waals surface area contributed by atoms with Gasteiger partial charge in [-0.3, -0.25) is 9.48 Å². The highest BCUT2D eigenvalue weighted by Crippen LogP contribution is 2.23. The van der Waals surface area contributed by atoms with Gasteiger partial charge < -0.3 is 0 Å². The summed E-state index contributed by atoms with van der Waals surface area (Å²) in [5.74, 6) is 0. The Labute approximate surface area is 88.7 Å². The van der Waals surface area contributed by atoms with Crippen LogP contribution in [0.3, 0.4) is 0 Å². The normalized spacial score (nSPS) is 11.2. The first kappa shape index (κ1) is 9.90. The van der Waals surface area contributed by atoms with Crippen LogP contribution in [0.25, 0.3) is 10.9 Å². The highest BCUT2D eigenvalue weighted by Gasteiger charge is 2.12. The van der Waals surface area contributed by atoms with E-state index in [4.69, 9.17) is 0 Å². The minimum atomic E-state index is 0.266. The van der Waals surface area contributed by atoms with E-state index in [-0.39, 0.29) is 6.04 Å². The molecule has 3 heteroatoms. The fraction of sp³-hybridized carbons (Fsp3) is 0.333. The van der Waals surface area contributed by atoms with E-state index in [1.165, 1.54) is 0 Å². The topological polar surface area (TPSA) is 34.9 Å². The zero-order valence-electron chi connectivity index (χ0n) is 9.19. The van der Waals surface area contributed by atoms with Crippen molar-refractivity contribution in [2.45, 2.75) is 26.8 Å². The molecular weight excluding hydrogens is 188 g/mol. The van der Waals surface area contributed by atoms with Crippen LogP contribution in [0, 0.1) is 6.92 Å². The average molecular weight is 202 g/mol. The van der Waals surface area contributed by atoms with Crippen molar-refractivity contribution in [2.24, 2.45) is 0 Å². The Morgan fingerprint density at radius 3 is 2.73 bits per heavy atom. The lowest BCUT2D eigenvalue weighted by Gasteiger charge is -2.07. The van der Waals surface area contributed by atoms with Gasteiger partial charge in [0.25, 0.3) is 0 Å². The molecule has 0 amide bonds. The van der Waals surface area contributed by atoms with E-state index in [0.29, 0.717) is 5.56 Å². The molecule has 0 saturated carbocycles. The zero-order valence-corrected chi connectivity index (χ0v) is 9.19. The molecule has 1 heterocycles. The van der Waals surface area contributed by atoms with Gasteiger partial charge in [0.05, 0.1) is 11.2 Å². The van der Waals surface area contributed by atoms with E-state index in [1.54, 1.807) is 0 Å². The van der Waals surface area contributed by atoms with Gasteiger partial charge in [0, 0.05) is 17.0 Å². The van der Waals surface area contributed by atoms with E-state index in [9.17, 15) is 4.79 Å². The van der Waals surface area contributed by atoms with Crippen molar-refractivity contribution in [3.63, 3.8) is 0 Å². The van der Waals surface area contributed by atoms with E-state index in [2.05, 4.69) is 18.9 Å². The van der Waals surface area contributed by atoms with Gasteiger partial charge in [-0.15, -0.1) is 0 Å². The highest BCUT2D eigenvalue weighted by molar-refractivity contribution is 5.97. The number of hydrogen-bond donors (Lipinski definition) is 0. The van der Waals surface area contributed by atoms with Gasteiger partial charge in [0.15, 0.2) is 6.29 Å². The molecule has 78 valence electrons. The number of carbonyl (C=O) groups excluding carboxylic acids is 1. The second kappa shape index (κ2) is 3.50. The minimum Gasteiger partial charge on any atom is -0.298 e. The number of nitrogens with zero attached hydrogens (tertiary/aromatic N) is 2. The van der Waals surface area contributed by atoms with Crippen LogP contribution in [0.1, 0.15) is 35.9 Å². The monoisotopic (exact) mass is 202 g/mol. The number of aromatic nitrogens is 2. The second-order valence-electron chi connectivity index (χ2n) is 3.98. The summed E-state index contributed by atoms with van der Waals surface area (Å²) < 4.78 is 1.91. The van der Waals surface area contributed by atoms with E-state index in [1.807, 2.05) is 29.8 Å². The lowest BCUT2D eigenvalue weighted by Crippen LogP contribution is -2.04. The summed E-state index contributed by atoms with van der Waals surface area (Å²) in [5, 5.41) is 5.52. The Morgan fingerprint density at radius 1 is 1.40 bits per heavy atom. The highest BCUT2D eigenvalue weighted by atomic mass is 16.1. The molecule has 1 aromatic heterocycles. The summed E-state index contributed by atoms with van der Waals surface area (Å²) in [4.78, 5) is 11.0. The summed E-state index contributed by atoms with van der Waals surface area (Å²) in [6.45, 7) is 6.09. The third-order valence-electron chi connectivity index (χ3n) is 2.56. The Bertz CT molecular complexity index is 512. The van der Waals surface area contributed by atoms with Crippen molar-refractivity contribution in [3.05, 3.63) is 29.5 Å². The van der Waals surface area contributed by atoms with E-state index < -0.39 is 0 Å². The van der Waals surface area contributed by atoms with Gasteiger partial charge in [0.1, 0.15) is 0 Å². The first-order valence-corrected chi connectivity index (χ1v) is 5.08. The lowest BCUT2D eigenvalue weighted by atomic mass is 10.1. The van der Waals surface area contributed by atoms with E-state index in [0.717, 1.165) is 22.9 Å². The molecule has 0 aliphatic heterocycles. The summed E-state index contributed by atoms with van der Waals surface area (Å²) >= 11 is 0. The van der Waals surface area contributed by atoms with Crippen molar-refractivity contribution in [1.82, 2.24) is 9.78 Å². The van der Waals surface area contributed by atoms with Gasteiger partial charge in [-0.05, 0) is 26.8 Å². The third kappa shape index (κ3) is 1.44. The Morgan fingerprint density at radius 2 is 2.13 bits per heavy atom. The van der Waals surface area contributed by atoms with Crippen LogP contribution >= 0.6 is 0 Å². The van der Waals surface area contributed by atoms with Gasteiger partial charge in [-0.2, -0.15) is 5.10 Å². The molecule has 0 aliphatic rings. The molecule has 1 aromatic carbocycles. The zero-order chi connectivity index (χ0) is 11.0. The maximum absolute atomic E-state index is 11.0. The van der Waals surface area contributed by atoms with Crippen molar-refractivity contribution in [3.8, 4) is 0 Å². The van der Waals surface area contributed by atoms with Crippen LogP contribution in [0.15, 0.2) is 18.2 Å². The number of carbonyl (C=O) groups is 1. The molecule has 3 nitrogen and oxygen atoms in total. The summed E-state index contributed by atoms with van der Waals surface area (Å²) in [7, 11) is 0. The first-order chi connectivity index (χ1) is 7.15. The summed E-state index contributed by atoms with van der Waals surface area (Å²) in [6, 6.07) is 5.99. The SMILES string of the molecule is Cc1nn(C(C)C)c2c(C=O)cccc12. The molecule has 0 unspecified atom stereocenters. The lowest BCUT2D eigenvalue weighted by molar-refractivity contribution is 0.112.